The van der Waals surface area contributed by atoms with Crippen molar-refractivity contribution >= 4 is 40.2 Å². The summed E-state index contributed by atoms with van der Waals surface area (Å²) in [4.78, 5) is 28.5. The minimum absolute atomic E-state index is 0.0222. The van der Waals surface area contributed by atoms with Gasteiger partial charge in [-0.05, 0) is 58.7 Å². The van der Waals surface area contributed by atoms with Gasteiger partial charge in [-0.1, -0.05) is 17.7 Å². The molecule has 3 aromatic rings. The van der Waals surface area contributed by atoms with Crippen LogP contribution in [-0.2, 0) is 4.74 Å². The first-order valence-corrected chi connectivity index (χ1v) is 13.3. The van der Waals surface area contributed by atoms with Gasteiger partial charge in [-0.25, -0.2) is 14.8 Å². The van der Waals surface area contributed by atoms with Crippen LogP contribution in [0.2, 0.25) is 5.02 Å². The summed E-state index contributed by atoms with van der Waals surface area (Å²) in [6, 6.07) is 7.78. The number of hydrogen-bond donors (Lipinski definition) is 1. The average Bonchev–Trinajstić information content (AvgIpc) is 3.47. The van der Waals surface area contributed by atoms with E-state index in [1.165, 1.54) is 0 Å². The molecule has 10 heteroatoms. The SMILES string of the molecule is C[C@H]1CN(C(=O)OC(C)(C)C)CCN1c1ncnc2c1c(N1CCC[C@@H]1CO)cn2-c1cccc(Cl)c1. The maximum Gasteiger partial charge on any atom is 0.410 e. The molecule has 0 saturated carbocycles. The Morgan fingerprint density at radius 2 is 2.00 bits per heavy atom. The summed E-state index contributed by atoms with van der Waals surface area (Å²) in [5.41, 5.74) is 2.17. The van der Waals surface area contributed by atoms with E-state index >= 15 is 0 Å². The number of aliphatic hydroxyl groups excluding tert-OH is 1. The van der Waals surface area contributed by atoms with Crippen LogP contribution in [0.4, 0.5) is 16.3 Å². The van der Waals surface area contributed by atoms with Crippen molar-refractivity contribution < 1.29 is 14.6 Å². The van der Waals surface area contributed by atoms with Crippen LogP contribution in [0.15, 0.2) is 36.8 Å². The Balaban J connectivity index is 1.56. The van der Waals surface area contributed by atoms with Gasteiger partial charge in [0.2, 0.25) is 0 Å². The number of ether oxygens (including phenoxy) is 1. The van der Waals surface area contributed by atoms with Gasteiger partial charge in [-0.3, -0.25) is 4.57 Å². The predicted molar refractivity (Wildman–Crippen MR) is 146 cm³/mol. The fourth-order valence-electron chi connectivity index (χ4n) is 5.39. The molecule has 2 atom stereocenters. The maximum absolute atomic E-state index is 12.7. The average molecular weight is 527 g/mol. The number of hydrogen-bond acceptors (Lipinski definition) is 7. The minimum atomic E-state index is -0.534. The van der Waals surface area contributed by atoms with Gasteiger partial charge in [-0.15, -0.1) is 0 Å². The summed E-state index contributed by atoms with van der Waals surface area (Å²) in [6.07, 6.45) is 5.35. The van der Waals surface area contributed by atoms with Crippen molar-refractivity contribution in [1.29, 1.82) is 0 Å². The smallest absolute Gasteiger partial charge is 0.410 e. The largest absolute Gasteiger partial charge is 0.444 e. The predicted octanol–water partition coefficient (Wildman–Crippen LogP) is 4.48. The number of piperazine rings is 1. The van der Waals surface area contributed by atoms with E-state index in [1.54, 1.807) is 11.2 Å². The zero-order valence-electron chi connectivity index (χ0n) is 21.9. The van der Waals surface area contributed by atoms with Crippen LogP contribution in [0, 0.1) is 0 Å². The molecule has 0 spiro atoms. The third-order valence-electron chi connectivity index (χ3n) is 7.08. The van der Waals surface area contributed by atoms with Crippen LogP contribution in [0.25, 0.3) is 16.7 Å². The summed E-state index contributed by atoms with van der Waals surface area (Å²) in [5, 5.41) is 11.7. The van der Waals surface area contributed by atoms with Gasteiger partial charge in [0.15, 0.2) is 5.65 Å². The number of carbonyl (C=O) groups excluding carboxylic acids is 1. The van der Waals surface area contributed by atoms with E-state index in [-0.39, 0.29) is 24.8 Å². The zero-order chi connectivity index (χ0) is 26.3. The Hall–Kier alpha value is -3.04. The molecule has 0 unspecified atom stereocenters. The molecule has 2 aromatic heterocycles. The minimum Gasteiger partial charge on any atom is -0.444 e. The molecule has 2 fully saturated rings. The summed E-state index contributed by atoms with van der Waals surface area (Å²) in [6.45, 7) is 10.4. The molecule has 5 rings (SSSR count). The zero-order valence-corrected chi connectivity index (χ0v) is 22.6. The van der Waals surface area contributed by atoms with E-state index in [1.807, 2.05) is 45.0 Å². The van der Waals surface area contributed by atoms with Crippen molar-refractivity contribution in [3.05, 3.63) is 41.8 Å². The van der Waals surface area contributed by atoms with Gasteiger partial charge in [0.25, 0.3) is 0 Å². The number of rotatable bonds is 4. The van der Waals surface area contributed by atoms with Crippen molar-refractivity contribution in [2.45, 2.75) is 58.2 Å². The highest BCUT2D eigenvalue weighted by Gasteiger charge is 2.34. The number of anilines is 2. The highest BCUT2D eigenvalue weighted by molar-refractivity contribution is 6.30. The lowest BCUT2D eigenvalue weighted by Gasteiger charge is -2.41. The molecule has 198 valence electrons. The number of aliphatic hydroxyl groups is 1. The first-order valence-electron chi connectivity index (χ1n) is 12.9. The van der Waals surface area contributed by atoms with E-state index in [9.17, 15) is 9.90 Å². The Kier molecular flexibility index (Phi) is 6.93. The third kappa shape index (κ3) is 5.07. The first kappa shape index (κ1) is 25.6. The van der Waals surface area contributed by atoms with Gasteiger partial charge in [-0.2, -0.15) is 0 Å². The second-order valence-corrected chi connectivity index (χ2v) is 11.3. The van der Waals surface area contributed by atoms with Crippen molar-refractivity contribution in [1.82, 2.24) is 19.4 Å². The van der Waals surface area contributed by atoms with Gasteiger partial charge < -0.3 is 24.5 Å². The molecule has 1 amide bonds. The molecule has 1 N–H and O–H groups in total. The highest BCUT2D eigenvalue weighted by Crippen LogP contribution is 2.40. The fourth-order valence-corrected chi connectivity index (χ4v) is 5.58. The Morgan fingerprint density at radius 1 is 1.19 bits per heavy atom. The second-order valence-electron chi connectivity index (χ2n) is 10.9. The number of amides is 1. The third-order valence-corrected chi connectivity index (χ3v) is 7.31. The van der Waals surface area contributed by atoms with Crippen molar-refractivity contribution in [3.63, 3.8) is 0 Å². The van der Waals surface area contributed by atoms with Crippen LogP contribution < -0.4 is 9.80 Å². The van der Waals surface area contributed by atoms with Crippen molar-refractivity contribution in [3.8, 4) is 5.69 Å². The van der Waals surface area contributed by atoms with Gasteiger partial charge >= 0.3 is 6.09 Å². The van der Waals surface area contributed by atoms with Crippen molar-refractivity contribution in [2.24, 2.45) is 0 Å². The molecular weight excluding hydrogens is 492 g/mol. The Bertz CT molecular complexity index is 1290. The number of carbonyl (C=O) groups is 1. The molecule has 0 radical (unpaired) electrons. The standard InChI is InChI=1S/C27H35ClN6O3/c1-18-14-31(26(36)37-27(2,3)4)11-12-32(18)24-23-22(33-10-6-9-21(33)16-35)15-34(25(23)30-17-29-24)20-8-5-7-19(28)13-20/h5,7-8,13,15,17-18,21,35H,6,9-12,14,16H2,1-4H3/t18-,21+/m0/s1. The summed E-state index contributed by atoms with van der Waals surface area (Å²) in [5.74, 6) is 0.834. The highest BCUT2D eigenvalue weighted by atomic mass is 35.5. The van der Waals surface area contributed by atoms with E-state index in [0.29, 0.717) is 24.7 Å². The van der Waals surface area contributed by atoms with Crippen LogP contribution in [0.3, 0.4) is 0 Å². The lowest BCUT2D eigenvalue weighted by atomic mass is 10.1. The van der Waals surface area contributed by atoms with E-state index in [4.69, 9.17) is 26.3 Å². The molecule has 2 saturated heterocycles. The van der Waals surface area contributed by atoms with Gasteiger partial charge in [0.1, 0.15) is 17.7 Å². The number of nitrogens with zero attached hydrogens (tertiary/aromatic N) is 6. The van der Waals surface area contributed by atoms with Crippen LogP contribution in [0.5, 0.6) is 0 Å². The summed E-state index contributed by atoms with van der Waals surface area (Å²) < 4.78 is 7.66. The Morgan fingerprint density at radius 3 is 2.70 bits per heavy atom. The van der Waals surface area contributed by atoms with Crippen LogP contribution >= 0.6 is 11.6 Å². The van der Waals surface area contributed by atoms with E-state index in [2.05, 4.69) is 27.5 Å². The quantitative estimate of drug-likeness (QED) is 0.536. The molecule has 2 aliphatic heterocycles. The van der Waals surface area contributed by atoms with Crippen LogP contribution in [0.1, 0.15) is 40.5 Å². The molecule has 2 aliphatic rings. The Labute approximate surface area is 222 Å². The monoisotopic (exact) mass is 526 g/mol. The molecule has 1 aromatic carbocycles. The van der Waals surface area contributed by atoms with Crippen LogP contribution in [-0.4, -0.2) is 81.1 Å². The number of aromatic nitrogens is 3. The summed E-state index contributed by atoms with van der Waals surface area (Å²) in [7, 11) is 0. The molecule has 9 nitrogen and oxygen atoms in total. The van der Waals surface area contributed by atoms with Gasteiger partial charge in [0, 0.05) is 49.1 Å². The fraction of sp³-hybridized carbons (Fsp3) is 0.519. The molecular formula is C27H35ClN6O3. The van der Waals surface area contributed by atoms with Crippen molar-refractivity contribution in [2.75, 3.05) is 42.6 Å². The first-order chi connectivity index (χ1) is 17.7. The number of benzene rings is 1. The van der Waals surface area contributed by atoms with E-state index < -0.39 is 5.60 Å². The lowest BCUT2D eigenvalue weighted by Crippen LogP contribution is -2.55. The number of fused-ring (bicyclic) bond motifs is 1. The molecule has 0 bridgehead atoms. The lowest BCUT2D eigenvalue weighted by molar-refractivity contribution is 0.0218. The van der Waals surface area contributed by atoms with E-state index in [0.717, 1.165) is 47.6 Å². The molecule has 37 heavy (non-hydrogen) atoms. The maximum atomic E-state index is 12.7. The number of halogens is 1. The normalized spacial score (nSPS) is 20.6. The van der Waals surface area contributed by atoms with Gasteiger partial charge in [0.05, 0.1) is 23.7 Å². The topological polar surface area (TPSA) is 87.0 Å². The second kappa shape index (κ2) is 10.0. The molecule has 4 heterocycles. The molecule has 0 aliphatic carbocycles. The summed E-state index contributed by atoms with van der Waals surface area (Å²) >= 11 is 6.34.